The molecule has 4 heteroatoms. The van der Waals surface area contributed by atoms with Crippen LogP contribution in [0.4, 0.5) is 0 Å². The van der Waals surface area contributed by atoms with Crippen LogP contribution in [0.25, 0.3) is 0 Å². The number of carbonyl (C=O) groups is 2. The maximum atomic E-state index is 12.8. The van der Waals surface area contributed by atoms with E-state index in [0.29, 0.717) is 24.3 Å². The molecule has 4 nitrogen and oxygen atoms in total. The molecule has 0 aromatic heterocycles. The van der Waals surface area contributed by atoms with Crippen LogP contribution in [0.15, 0.2) is 34.3 Å². The first kappa shape index (κ1) is 21.2. The zero-order valence-electron chi connectivity index (χ0n) is 16.3. The quantitative estimate of drug-likeness (QED) is 0.466. The summed E-state index contributed by atoms with van der Waals surface area (Å²) in [5.74, 6) is -1.50. The van der Waals surface area contributed by atoms with E-state index in [9.17, 15) is 19.8 Å². The van der Waals surface area contributed by atoms with Gasteiger partial charge in [0, 0.05) is 12.0 Å². The van der Waals surface area contributed by atoms with E-state index < -0.39 is 11.7 Å². The molecule has 0 spiro atoms. The van der Waals surface area contributed by atoms with Crippen molar-refractivity contribution in [3.8, 4) is 0 Å². The normalized spacial score (nSPS) is 18.4. The Morgan fingerprint density at radius 1 is 1.12 bits per heavy atom. The number of carbonyl (C=O) groups excluding carboxylic acids is 2. The predicted octanol–water partition coefficient (Wildman–Crippen LogP) is 5.22. The predicted molar refractivity (Wildman–Crippen MR) is 100 cm³/mol. The number of aliphatic hydroxyl groups is 2. The van der Waals surface area contributed by atoms with Crippen LogP contribution in [0.3, 0.4) is 0 Å². The number of rotatable bonds is 8. The second-order valence-electron chi connectivity index (χ2n) is 7.98. The molecule has 1 atom stereocenters. The first-order valence-electron chi connectivity index (χ1n) is 9.12. The summed E-state index contributed by atoms with van der Waals surface area (Å²) in [6, 6.07) is 0. The van der Waals surface area contributed by atoms with Crippen molar-refractivity contribution < 1.29 is 19.8 Å². The minimum absolute atomic E-state index is 0.0817. The van der Waals surface area contributed by atoms with E-state index in [-0.39, 0.29) is 35.2 Å². The molecule has 0 saturated carbocycles. The van der Waals surface area contributed by atoms with E-state index in [1.54, 1.807) is 0 Å². The molecular weight excluding hydrogens is 316 g/mol. The fourth-order valence-corrected chi connectivity index (χ4v) is 2.89. The Kier molecular flexibility index (Phi) is 7.65. The molecule has 0 radical (unpaired) electrons. The van der Waals surface area contributed by atoms with Gasteiger partial charge in [0.1, 0.15) is 17.1 Å². The lowest BCUT2D eigenvalue weighted by atomic mass is 9.79. The van der Waals surface area contributed by atoms with Gasteiger partial charge in [0.15, 0.2) is 11.6 Å². The van der Waals surface area contributed by atoms with E-state index in [1.165, 1.54) is 0 Å². The Hall–Kier alpha value is -1.84. The van der Waals surface area contributed by atoms with Gasteiger partial charge in [0.25, 0.3) is 0 Å². The number of aliphatic hydroxyl groups excluding tert-OH is 2. The summed E-state index contributed by atoms with van der Waals surface area (Å²) in [5.41, 5.74) is 1.27. The molecule has 0 bridgehead atoms. The van der Waals surface area contributed by atoms with Crippen molar-refractivity contribution in [1.82, 2.24) is 0 Å². The van der Waals surface area contributed by atoms with Crippen molar-refractivity contribution in [3.05, 3.63) is 34.3 Å². The molecule has 0 fully saturated rings. The molecule has 0 amide bonds. The Labute approximate surface area is 151 Å². The second-order valence-corrected chi connectivity index (χ2v) is 7.98. The van der Waals surface area contributed by atoms with Gasteiger partial charge in [-0.3, -0.25) is 9.59 Å². The molecule has 1 aliphatic carbocycles. The van der Waals surface area contributed by atoms with Crippen molar-refractivity contribution in [3.63, 3.8) is 0 Å². The molecule has 0 heterocycles. The summed E-state index contributed by atoms with van der Waals surface area (Å²) in [6.45, 7) is 11.8. The number of hydrogen-bond donors (Lipinski definition) is 2. The third-order valence-corrected chi connectivity index (χ3v) is 4.33. The monoisotopic (exact) mass is 348 g/mol. The first-order chi connectivity index (χ1) is 11.6. The minimum atomic E-state index is -0.779. The fraction of sp³-hybridized carbons (Fsp3) is 0.619. The number of Topliss-reactive ketones (excluding diaryl/α,β-unsaturated/α-hetero) is 2. The lowest BCUT2D eigenvalue weighted by Gasteiger charge is -2.25. The summed E-state index contributed by atoms with van der Waals surface area (Å²) < 4.78 is 0. The molecule has 1 rings (SSSR count). The van der Waals surface area contributed by atoms with E-state index in [1.807, 2.05) is 33.8 Å². The number of hydrogen-bond acceptors (Lipinski definition) is 4. The Bertz CT molecular complexity index is 614. The third kappa shape index (κ3) is 5.58. The molecule has 2 N–H and O–H groups in total. The summed E-state index contributed by atoms with van der Waals surface area (Å²) in [7, 11) is 0. The molecule has 0 unspecified atom stereocenters. The van der Waals surface area contributed by atoms with Crippen molar-refractivity contribution in [2.24, 2.45) is 17.8 Å². The molecule has 140 valence electrons. The maximum Gasteiger partial charge on any atom is 0.181 e. The van der Waals surface area contributed by atoms with Crippen LogP contribution in [-0.2, 0) is 9.59 Å². The van der Waals surface area contributed by atoms with Gasteiger partial charge in [-0.1, -0.05) is 39.3 Å². The molecule has 25 heavy (non-hydrogen) atoms. The molecule has 0 aromatic carbocycles. The van der Waals surface area contributed by atoms with Crippen molar-refractivity contribution in [2.75, 3.05) is 0 Å². The Balaban J connectivity index is 3.34. The summed E-state index contributed by atoms with van der Waals surface area (Å²) in [6.07, 6.45) is 3.64. The minimum Gasteiger partial charge on any atom is -0.511 e. The van der Waals surface area contributed by atoms with Gasteiger partial charge in [-0.25, -0.2) is 0 Å². The Morgan fingerprint density at radius 3 is 2.20 bits per heavy atom. The van der Waals surface area contributed by atoms with Crippen LogP contribution in [0, 0.1) is 17.8 Å². The number of allylic oxidation sites excluding steroid dienone is 5. The highest BCUT2D eigenvalue weighted by molar-refractivity contribution is 6.23. The van der Waals surface area contributed by atoms with Gasteiger partial charge < -0.3 is 10.2 Å². The standard InChI is InChI=1S/C21H32O4/c1-12(2)7-9-15-19(23)16(10-8-13(3)4)21(25)18(20(15)24)17(22)11-14(5)6/h7,13-15,23,25H,8-11H2,1-6H3/t15-/m1/s1. The van der Waals surface area contributed by atoms with Gasteiger partial charge in [0.05, 0.1) is 5.92 Å². The SMILES string of the molecule is CC(C)=CC[C@H]1C(=O)C(C(=O)CC(C)C)=C(O)C(CCC(C)C)=C1O. The molecule has 0 aromatic rings. The third-order valence-electron chi connectivity index (χ3n) is 4.33. The number of ketones is 2. The van der Waals surface area contributed by atoms with Gasteiger partial charge in [-0.05, 0) is 44.9 Å². The summed E-state index contributed by atoms with van der Waals surface area (Å²) >= 11 is 0. The maximum absolute atomic E-state index is 12.8. The lowest BCUT2D eigenvalue weighted by molar-refractivity contribution is -0.124. The van der Waals surface area contributed by atoms with Crippen LogP contribution in [-0.4, -0.2) is 21.8 Å². The molecule has 0 saturated heterocycles. The van der Waals surface area contributed by atoms with Gasteiger partial charge >= 0.3 is 0 Å². The molecule has 0 aliphatic heterocycles. The lowest BCUT2D eigenvalue weighted by Crippen LogP contribution is -2.30. The van der Waals surface area contributed by atoms with Gasteiger partial charge in [0.2, 0.25) is 0 Å². The van der Waals surface area contributed by atoms with Crippen LogP contribution >= 0.6 is 0 Å². The zero-order chi connectivity index (χ0) is 19.3. The highest BCUT2D eigenvalue weighted by atomic mass is 16.3. The van der Waals surface area contributed by atoms with E-state index in [0.717, 1.165) is 12.0 Å². The van der Waals surface area contributed by atoms with E-state index in [2.05, 4.69) is 13.8 Å². The topological polar surface area (TPSA) is 74.6 Å². The fourth-order valence-electron chi connectivity index (χ4n) is 2.89. The average molecular weight is 348 g/mol. The summed E-state index contributed by atoms with van der Waals surface area (Å²) in [4.78, 5) is 25.3. The first-order valence-corrected chi connectivity index (χ1v) is 9.12. The highest BCUT2D eigenvalue weighted by Crippen LogP contribution is 2.36. The molecular formula is C21H32O4. The smallest absolute Gasteiger partial charge is 0.181 e. The summed E-state index contributed by atoms with van der Waals surface area (Å²) in [5, 5.41) is 21.2. The highest BCUT2D eigenvalue weighted by Gasteiger charge is 2.38. The van der Waals surface area contributed by atoms with Crippen LogP contribution in [0.1, 0.15) is 67.2 Å². The molecule has 1 aliphatic rings. The van der Waals surface area contributed by atoms with Crippen molar-refractivity contribution in [1.29, 1.82) is 0 Å². The van der Waals surface area contributed by atoms with Crippen LogP contribution in [0.5, 0.6) is 0 Å². The largest absolute Gasteiger partial charge is 0.511 e. The van der Waals surface area contributed by atoms with Gasteiger partial charge in [-0.15, -0.1) is 0 Å². The Morgan fingerprint density at radius 2 is 1.72 bits per heavy atom. The average Bonchev–Trinajstić information content (AvgIpc) is 2.45. The van der Waals surface area contributed by atoms with E-state index in [4.69, 9.17) is 0 Å². The van der Waals surface area contributed by atoms with Gasteiger partial charge in [-0.2, -0.15) is 0 Å². The van der Waals surface area contributed by atoms with Crippen molar-refractivity contribution >= 4 is 11.6 Å². The van der Waals surface area contributed by atoms with Crippen LogP contribution in [0.2, 0.25) is 0 Å². The zero-order valence-corrected chi connectivity index (χ0v) is 16.3. The van der Waals surface area contributed by atoms with E-state index >= 15 is 0 Å². The second kappa shape index (κ2) is 9.02. The van der Waals surface area contributed by atoms with Crippen LogP contribution < -0.4 is 0 Å². The van der Waals surface area contributed by atoms with Crippen molar-refractivity contribution in [2.45, 2.75) is 67.2 Å².